The van der Waals surface area contributed by atoms with Crippen molar-refractivity contribution >= 4 is 22.6 Å². The zero-order chi connectivity index (χ0) is 21.3. The molecule has 2 aromatic carbocycles. The lowest BCUT2D eigenvalue weighted by atomic mass is 10.1. The van der Waals surface area contributed by atoms with Crippen molar-refractivity contribution in [3.63, 3.8) is 0 Å². The van der Waals surface area contributed by atoms with Crippen LogP contribution in [0.1, 0.15) is 17.0 Å². The highest BCUT2D eigenvalue weighted by Crippen LogP contribution is 2.28. The van der Waals surface area contributed by atoms with E-state index in [9.17, 15) is 22.4 Å². The minimum atomic E-state index is -4.72. The number of fused-ring (bicyclic) bond motifs is 1. The number of nitrogens with one attached hydrogen (secondary N) is 1. The molecule has 1 fully saturated rings. The third kappa shape index (κ3) is 4.67. The second kappa shape index (κ2) is 7.89. The van der Waals surface area contributed by atoms with Gasteiger partial charge in [0.2, 0.25) is 0 Å². The zero-order valence-electron chi connectivity index (χ0n) is 15.7. The van der Waals surface area contributed by atoms with Crippen LogP contribution in [0.15, 0.2) is 52.9 Å². The first kappa shape index (κ1) is 20.1. The number of rotatable bonds is 5. The molecule has 1 aliphatic rings. The molecule has 0 aliphatic carbocycles. The van der Waals surface area contributed by atoms with E-state index < -0.39 is 12.2 Å². The second-order valence-corrected chi connectivity index (χ2v) is 7.15. The van der Waals surface area contributed by atoms with Crippen LogP contribution < -0.4 is 15.0 Å². The Kier molecular flexibility index (Phi) is 5.27. The molecule has 0 saturated carbocycles. The third-order valence-corrected chi connectivity index (χ3v) is 4.97. The number of alkyl halides is 3. The maximum absolute atomic E-state index is 13.3. The van der Waals surface area contributed by atoms with E-state index in [1.165, 1.54) is 36.4 Å². The Balaban J connectivity index is 1.31. The third-order valence-electron chi connectivity index (χ3n) is 4.97. The van der Waals surface area contributed by atoms with Gasteiger partial charge in [-0.2, -0.15) is 0 Å². The van der Waals surface area contributed by atoms with Crippen LogP contribution in [0.4, 0.5) is 23.2 Å². The van der Waals surface area contributed by atoms with Gasteiger partial charge in [-0.15, -0.1) is 13.2 Å². The van der Waals surface area contributed by atoms with Gasteiger partial charge in [0.25, 0.3) is 5.91 Å². The van der Waals surface area contributed by atoms with Crippen molar-refractivity contribution < 1.29 is 31.5 Å². The summed E-state index contributed by atoms with van der Waals surface area (Å²) in [6.45, 7) is 1.81. The van der Waals surface area contributed by atoms with Crippen molar-refractivity contribution in [2.75, 3.05) is 24.5 Å². The molecular weight excluding hydrogens is 404 g/mol. The zero-order valence-corrected chi connectivity index (χ0v) is 15.7. The molecule has 2 heterocycles. The maximum atomic E-state index is 13.3. The fourth-order valence-corrected chi connectivity index (χ4v) is 3.54. The summed E-state index contributed by atoms with van der Waals surface area (Å²) in [7, 11) is 0. The van der Waals surface area contributed by atoms with E-state index in [1.54, 1.807) is 12.1 Å². The Hall–Kier alpha value is -3.23. The molecule has 1 unspecified atom stereocenters. The number of nitrogens with zero attached hydrogens (tertiary/aromatic N) is 1. The molecule has 3 aromatic rings. The molecule has 1 amide bonds. The average Bonchev–Trinajstić information content (AvgIpc) is 3.32. The molecule has 0 radical (unpaired) electrons. The van der Waals surface area contributed by atoms with Crippen LogP contribution in [-0.2, 0) is 0 Å². The van der Waals surface area contributed by atoms with Gasteiger partial charge in [-0.1, -0.05) is 0 Å². The van der Waals surface area contributed by atoms with Gasteiger partial charge >= 0.3 is 6.36 Å². The number of ether oxygens (including phenoxy) is 1. The molecule has 1 saturated heterocycles. The summed E-state index contributed by atoms with van der Waals surface area (Å²) in [4.78, 5) is 14.4. The van der Waals surface area contributed by atoms with Gasteiger partial charge in [-0.05, 0) is 60.9 Å². The first-order valence-corrected chi connectivity index (χ1v) is 9.35. The van der Waals surface area contributed by atoms with E-state index in [0.29, 0.717) is 24.1 Å². The monoisotopic (exact) mass is 422 g/mol. The van der Waals surface area contributed by atoms with E-state index in [4.69, 9.17) is 4.42 Å². The number of amides is 1. The quantitative estimate of drug-likeness (QED) is 0.605. The van der Waals surface area contributed by atoms with Crippen LogP contribution in [-0.4, -0.2) is 31.9 Å². The fraction of sp³-hybridized carbons (Fsp3) is 0.286. The molecule has 1 atom stereocenters. The first-order valence-electron chi connectivity index (χ1n) is 9.35. The van der Waals surface area contributed by atoms with E-state index in [2.05, 4.69) is 10.1 Å². The Morgan fingerprint density at radius 2 is 1.93 bits per heavy atom. The number of hydrogen-bond acceptors (Lipinski definition) is 4. The number of carbonyl (C=O) groups excluding carboxylic acids is 1. The molecule has 0 spiro atoms. The van der Waals surface area contributed by atoms with Crippen LogP contribution in [0.3, 0.4) is 0 Å². The van der Waals surface area contributed by atoms with Gasteiger partial charge in [0.15, 0.2) is 5.76 Å². The van der Waals surface area contributed by atoms with Gasteiger partial charge < -0.3 is 19.4 Å². The topological polar surface area (TPSA) is 54.7 Å². The van der Waals surface area contributed by atoms with Crippen molar-refractivity contribution in [2.24, 2.45) is 5.92 Å². The van der Waals surface area contributed by atoms with Crippen molar-refractivity contribution in [1.82, 2.24) is 5.32 Å². The van der Waals surface area contributed by atoms with E-state index in [-0.39, 0.29) is 23.3 Å². The SMILES string of the molecule is O=C(NCC1CCN(c2ccc(OC(F)(F)F)cc2)C1)c1cc2cc(F)ccc2o1. The standard InChI is InChI=1S/C21H18F4N2O3/c22-15-1-6-18-14(9-15)10-19(29-18)20(28)26-11-13-7-8-27(12-13)16-2-4-17(5-3-16)30-21(23,24)25/h1-6,9-10,13H,7-8,11-12H2,(H,26,28). The molecule has 0 bridgehead atoms. The lowest BCUT2D eigenvalue weighted by Crippen LogP contribution is -2.30. The Morgan fingerprint density at radius 3 is 2.67 bits per heavy atom. The Labute approximate surface area is 169 Å². The predicted octanol–water partition coefficient (Wildman–Crippen LogP) is 4.73. The molecular formula is C21H18F4N2O3. The fourth-order valence-electron chi connectivity index (χ4n) is 3.54. The molecule has 5 nitrogen and oxygen atoms in total. The van der Waals surface area contributed by atoms with Crippen LogP contribution >= 0.6 is 0 Å². The highest BCUT2D eigenvalue weighted by molar-refractivity contribution is 5.96. The molecule has 4 rings (SSSR count). The minimum absolute atomic E-state index is 0.116. The van der Waals surface area contributed by atoms with E-state index >= 15 is 0 Å². The van der Waals surface area contributed by atoms with Crippen molar-refractivity contribution in [2.45, 2.75) is 12.8 Å². The number of benzene rings is 2. The molecule has 30 heavy (non-hydrogen) atoms. The van der Waals surface area contributed by atoms with Crippen molar-refractivity contribution in [1.29, 1.82) is 0 Å². The summed E-state index contributed by atoms with van der Waals surface area (Å²) in [6, 6.07) is 11.3. The van der Waals surface area contributed by atoms with Crippen LogP contribution in [0.5, 0.6) is 5.75 Å². The van der Waals surface area contributed by atoms with Gasteiger partial charge in [-0.3, -0.25) is 4.79 Å². The normalized spacial score (nSPS) is 16.8. The molecule has 1 aromatic heterocycles. The van der Waals surface area contributed by atoms with E-state index in [1.807, 2.05) is 4.90 Å². The molecule has 1 aliphatic heterocycles. The predicted molar refractivity (Wildman–Crippen MR) is 102 cm³/mol. The van der Waals surface area contributed by atoms with Gasteiger partial charge in [-0.25, -0.2) is 4.39 Å². The number of furan rings is 1. The largest absolute Gasteiger partial charge is 0.573 e. The van der Waals surface area contributed by atoms with Crippen LogP contribution in [0.2, 0.25) is 0 Å². The Morgan fingerprint density at radius 1 is 1.17 bits per heavy atom. The summed E-state index contributed by atoms with van der Waals surface area (Å²) in [5, 5.41) is 3.34. The van der Waals surface area contributed by atoms with Crippen molar-refractivity contribution in [3.8, 4) is 5.75 Å². The number of halogens is 4. The Bertz CT molecular complexity index is 1050. The molecule has 158 valence electrons. The number of anilines is 1. The average molecular weight is 422 g/mol. The molecule has 1 N–H and O–H groups in total. The number of hydrogen-bond donors (Lipinski definition) is 1. The van der Waals surface area contributed by atoms with E-state index in [0.717, 1.165) is 18.7 Å². The van der Waals surface area contributed by atoms with Crippen molar-refractivity contribution in [3.05, 3.63) is 60.1 Å². The van der Waals surface area contributed by atoms with Crippen LogP contribution in [0.25, 0.3) is 11.0 Å². The van der Waals surface area contributed by atoms with Gasteiger partial charge in [0, 0.05) is 30.7 Å². The highest BCUT2D eigenvalue weighted by Gasteiger charge is 2.31. The van der Waals surface area contributed by atoms with Gasteiger partial charge in [0.1, 0.15) is 17.1 Å². The molecule has 9 heteroatoms. The number of carbonyl (C=O) groups is 1. The summed E-state index contributed by atoms with van der Waals surface area (Å²) in [6.07, 6.45) is -3.89. The summed E-state index contributed by atoms with van der Waals surface area (Å²) in [5.74, 6) is -0.745. The first-order chi connectivity index (χ1) is 14.3. The van der Waals surface area contributed by atoms with Crippen LogP contribution in [0, 0.1) is 11.7 Å². The maximum Gasteiger partial charge on any atom is 0.573 e. The summed E-state index contributed by atoms with van der Waals surface area (Å²) < 4.78 is 59.4. The summed E-state index contributed by atoms with van der Waals surface area (Å²) in [5.41, 5.74) is 1.23. The highest BCUT2D eigenvalue weighted by atomic mass is 19.4. The lowest BCUT2D eigenvalue weighted by molar-refractivity contribution is -0.274. The minimum Gasteiger partial charge on any atom is -0.451 e. The van der Waals surface area contributed by atoms with Gasteiger partial charge in [0.05, 0.1) is 0 Å². The lowest BCUT2D eigenvalue weighted by Gasteiger charge is -2.19. The second-order valence-electron chi connectivity index (χ2n) is 7.15. The smallest absolute Gasteiger partial charge is 0.451 e. The summed E-state index contributed by atoms with van der Waals surface area (Å²) >= 11 is 0.